The van der Waals surface area contributed by atoms with E-state index in [2.05, 4.69) is 4.98 Å². The minimum absolute atomic E-state index is 0.173. The minimum atomic E-state index is -3.90. The van der Waals surface area contributed by atoms with Gasteiger partial charge in [0.2, 0.25) is 0 Å². The molecule has 0 atom stereocenters. The number of fused-ring (bicyclic) bond motifs is 1. The summed E-state index contributed by atoms with van der Waals surface area (Å²) in [5.74, 6) is -0.537. The normalized spacial score (nSPS) is 11.6. The summed E-state index contributed by atoms with van der Waals surface area (Å²) in [6.45, 7) is 1.85. The molecule has 0 aliphatic rings. The van der Waals surface area contributed by atoms with Crippen molar-refractivity contribution in [1.29, 1.82) is 0 Å². The molecule has 0 unspecified atom stereocenters. The number of aryl methyl sites for hydroxylation is 1. The van der Waals surface area contributed by atoms with Crippen LogP contribution in [0.15, 0.2) is 71.9 Å². The number of ether oxygens (including phenoxy) is 1. The van der Waals surface area contributed by atoms with Crippen LogP contribution in [0.1, 0.15) is 15.9 Å². The number of aromatic amines is 1. The van der Waals surface area contributed by atoms with Crippen LogP contribution >= 0.6 is 0 Å². The zero-order valence-electron chi connectivity index (χ0n) is 15.3. The number of rotatable bonds is 4. The molecule has 7 heteroatoms. The number of methoxy groups -OCH3 is 1. The molecule has 2 heterocycles. The fourth-order valence-corrected chi connectivity index (χ4v) is 5.07. The predicted octanol–water partition coefficient (Wildman–Crippen LogP) is 3.97. The molecule has 0 bridgehead atoms. The Morgan fingerprint density at radius 2 is 1.68 bits per heavy atom. The lowest BCUT2D eigenvalue weighted by Crippen LogP contribution is -2.15. The average molecular weight is 394 g/mol. The number of hydrogen-bond acceptors (Lipinski definition) is 4. The fraction of sp³-hybridized carbons (Fsp3) is 0.0952. The van der Waals surface area contributed by atoms with Crippen molar-refractivity contribution in [3.05, 3.63) is 78.1 Å². The third kappa shape index (κ3) is 2.63. The Morgan fingerprint density at radius 1 is 1.00 bits per heavy atom. The molecule has 28 heavy (non-hydrogen) atoms. The number of para-hydroxylation sites is 1. The fourth-order valence-electron chi connectivity index (χ4n) is 3.47. The van der Waals surface area contributed by atoms with E-state index in [0.717, 1.165) is 10.9 Å². The first-order chi connectivity index (χ1) is 13.5. The summed E-state index contributed by atoms with van der Waals surface area (Å²) in [5, 5.41) is 0.800. The molecule has 0 amide bonds. The van der Waals surface area contributed by atoms with Gasteiger partial charge in [-0.15, -0.1) is 0 Å². The van der Waals surface area contributed by atoms with Gasteiger partial charge in [0, 0.05) is 23.3 Å². The highest BCUT2D eigenvalue weighted by atomic mass is 32.2. The SMILES string of the molecule is COC(=O)c1c[nH]cc1-c1c(C)c2ccccc2n1S(=O)(=O)c1ccccc1. The smallest absolute Gasteiger partial charge is 0.340 e. The summed E-state index contributed by atoms with van der Waals surface area (Å²) in [4.78, 5) is 15.3. The standard InChI is InChI=1S/C21H18N2O4S/c1-14-16-10-6-7-11-19(16)23(28(25,26)15-8-4-3-5-9-15)20(14)17-12-22-13-18(17)21(24)27-2/h3-13,22H,1-2H3. The topological polar surface area (TPSA) is 81.2 Å². The number of nitrogens with one attached hydrogen (secondary N) is 1. The molecule has 2 aromatic heterocycles. The van der Waals surface area contributed by atoms with Gasteiger partial charge < -0.3 is 9.72 Å². The van der Waals surface area contributed by atoms with Crippen LogP contribution in [0, 0.1) is 6.92 Å². The monoisotopic (exact) mass is 394 g/mol. The van der Waals surface area contributed by atoms with Crippen molar-refractivity contribution < 1.29 is 17.9 Å². The molecule has 0 aliphatic carbocycles. The van der Waals surface area contributed by atoms with Gasteiger partial charge in [0.25, 0.3) is 10.0 Å². The van der Waals surface area contributed by atoms with Crippen LogP contribution in [-0.2, 0) is 14.8 Å². The Morgan fingerprint density at radius 3 is 2.39 bits per heavy atom. The molecule has 1 N–H and O–H groups in total. The van der Waals surface area contributed by atoms with Gasteiger partial charge in [-0.1, -0.05) is 36.4 Å². The molecule has 0 saturated carbocycles. The number of H-pyrrole nitrogens is 1. The number of carbonyl (C=O) groups excluding carboxylic acids is 1. The molecule has 0 aliphatic heterocycles. The summed E-state index contributed by atoms with van der Waals surface area (Å²) in [7, 11) is -2.61. The Hall–Kier alpha value is -3.32. The number of aromatic nitrogens is 2. The third-order valence-corrected chi connectivity index (χ3v) is 6.50. The molecule has 6 nitrogen and oxygen atoms in total. The number of benzene rings is 2. The van der Waals surface area contributed by atoms with Crippen molar-refractivity contribution in [2.45, 2.75) is 11.8 Å². The third-order valence-electron chi connectivity index (χ3n) is 4.77. The minimum Gasteiger partial charge on any atom is -0.465 e. The second kappa shape index (κ2) is 6.69. The van der Waals surface area contributed by atoms with Crippen molar-refractivity contribution >= 4 is 26.9 Å². The van der Waals surface area contributed by atoms with E-state index in [9.17, 15) is 13.2 Å². The first-order valence-corrected chi connectivity index (χ1v) is 10.1. The molecule has 0 fully saturated rings. The van der Waals surface area contributed by atoms with Gasteiger partial charge in [0.1, 0.15) is 0 Å². The van der Waals surface area contributed by atoms with Crippen molar-refractivity contribution in [1.82, 2.24) is 8.96 Å². The zero-order chi connectivity index (χ0) is 19.9. The van der Waals surface area contributed by atoms with Gasteiger partial charge in [0.05, 0.1) is 28.8 Å². The summed E-state index contributed by atoms with van der Waals surface area (Å²) in [6, 6.07) is 15.5. The Kier molecular flexibility index (Phi) is 4.31. The van der Waals surface area contributed by atoms with Gasteiger partial charge in [-0.05, 0) is 30.7 Å². The van der Waals surface area contributed by atoms with Crippen LogP contribution in [0.3, 0.4) is 0 Å². The molecule has 2 aromatic carbocycles. The molecule has 142 valence electrons. The molecular weight excluding hydrogens is 376 g/mol. The van der Waals surface area contributed by atoms with E-state index in [1.165, 1.54) is 17.3 Å². The highest BCUT2D eigenvalue weighted by Crippen LogP contribution is 2.37. The summed E-state index contributed by atoms with van der Waals surface area (Å²) in [6.07, 6.45) is 3.13. The second-order valence-corrected chi connectivity index (χ2v) is 8.13. The van der Waals surface area contributed by atoms with Crippen LogP contribution in [0.4, 0.5) is 0 Å². The zero-order valence-corrected chi connectivity index (χ0v) is 16.2. The van der Waals surface area contributed by atoms with Crippen molar-refractivity contribution in [3.8, 4) is 11.3 Å². The van der Waals surface area contributed by atoms with Gasteiger partial charge in [-0.25, -0.2) is 17.2 Å². The van der Waals surface area contributed by atoms with Crippen molar-refractivity contribution in [2.24, 2.45) is 0 Å². The number of hydrogen-bond donors (Lipinski definition) is 1. The van der Waals surface area contributed by atoms with E-state index in [-0.39, 0.29) is 10.5 Å². The highest BCUT2D eigenvalue weighted by Gasteiger charge is 2.28. The second-order valence-electron chi connectivity index (χ2n) is 6.35. The van der Waals surface area contributed by atoms with Crippen molar-refractivity contribution in [2.75, 3.05) is 7.11 Å². The van der Waals surface area contributed by atoms with Gasteiger partial charge >= 0.3 is 5.97 Å². The quantitative estimate of drug-likeness (QED) is 0.531. The number of carbonyl (C=O) groups is 1. The van der Waals surface area contributed by atoms with Crippen molar-refractivity contribution in [3.63, 3.8) is 0 Å². The van der Waals surface area contributed by atoms with E-state index in [1.807, 2.05) is 19.1 Å². The lowest BCUT2D eigenvalue weighted by atomic mass is 10.1. The lowest BCUT2D eigenvalue weighted by Gasteiger charge is -2.13. The molecule has 0 spiro atoms. The van der Waals surface area contributed by atoms with Crippen LogP contribution in [0.25, 0.3) is 22.2 Å². The summed E-state index contributed by atoms with van der Waals surface area (Å²) >= 11 is 0. The molecule has 4 rings (SSSR count). The highest BCUT2D eigenvalue weighted by molar-refractivity contribution is 7.90. The van der Waals surface area contributed by atoms with E-state index in [4.69, 9.17) is 4.74 Å². The largest absolute Gasteiger partial charge is 0.465 e. The molecule has 0 radical (unpaired) electrons. The Balaban J connectivity index is 2.12. The summed E-state index contributed by atoms with van der Waals surface area (Å²) < 4.78 is 33.3. The maximum Gasteiger partial charge on any atom is 0.340 e. The van der Waals surface area contributed by atoms with Crippen LogP contribution in [0.2, 0.25) is 0 Å². The van der Waals surface area contributed by atoms with E-state index >= 15 is 0 Å². The average Bonchev–Trinajstić information content (AvgIpc) is 3.31. The van der Waals surface area contributed by atoms with Gasteiger partial charge in [-0.2, -0.15) is 0 Å². The first kappa shape index (κ1) is 18.1. The van der Waals surface area contributed by atoms with Crippen LogP contribution in [-0.4, -0.2) is 30.5 Å². The molecular formula is C21H18N2O4S. The Labute approximate surface area is 162 Å². The number of esters is 1. The van der Waals surface area contributed by atoms with Crippen LogP contribution in [0.5, 0.6) is 0 Å². The maximum absolute atomic E-state index is 13.6. The molecule has 0 saturated heterocycles. The Bertz CT molecular complexity index is 1280. The first-order valence-electron chi connectivity index (χ1n) is 8.63. The van der Waals surface area contributed by atoms with E-state index in [1.54, 1.807) is 48.7 Å². The molecule has 4 aromatic rings. The van der Waals surface area contributed by atoms with E-state index < -0.39 is 16.0 Å². The van der Waals surface area contributed by atoms with Crippen LogP contribution < -0.4 is 0 Å². The maximum atomic E-state index is 13.6. The number of nitrogens with zero attached hydrogens (tertiary/aromatic N) is 1. The van der Waals surface area contributed by atoms with E-state index in [0.29, 0.717) is 16.8 Å². The predicted molar refractivity (Wildman–Crippen MR) is 107 cm³/mol. The van der Waals surface area contributed by atoms with Gasteiger partial charge in [-0.3, -0.25) is 0 Å². The lowest BCUT2D eigenvalue weighted by molar-refractivity contribution is 0.0601. The summed E-state index contributed by atoms with van der Waals surface area (Å²) in [5.41, 5.74) is 2.50. The van der Waals surface area contributed by atoms with Gasteiger partial charge in [0.15, 0.2) is 0 Å².